The number of hydrogen-bond acceptors (Lipinski definition) is 4. The monoisotopic (exact) mass is 265 g/mol. The first-order chi connectivity index (χ1) is 8.92. The Morgan fingerprint density at radius 3 is 3.11 bits per heavy atom. The number of fused-ring (bicyclic) bond motifs is 1. The van der Waals surface area contributed by atoms with Gasteiger partial charge in [0.1, 0.15) is 0 Å². The number of nitrogens with one attached hydrogen (secondary N) is 2. The van der Waals surface area contributed by atoms with Crippen LogP contribution in [0.25, 0.3) is 0 Å². The van der Waals surface area contributed by atoms with Crippen LogP contribution >= 0.6 is 11.3 Å². The summed E-state index contributed by atoms with van der Waals surface area (Å²) in [6.07, 6.45) is 10.5. The molecule has 0 spiro atoms. The zero-order valence-corrected chi connectivity index (χ0v) is 11.7. The molecule has 18 heavy (non-hydrogen) atoms. The van der Waals surface area contributed by atoms with Crippen LogP contribution < -0.4 is 10.6 Å². The standard InChI is InChI=1S/C14H23N3S/c1-2-4-14-11(3-1)5-6-12(17-14)7-15-8-13-9-16-10-18-13/h9-12,14-15,17H,1-8H2. The van der Waals surface area contributed by atoms with E-state index in [1.807, 2.05) is 11.7 Å². The maximum atomic E-state index is 4.10. The first-order valence-corrected chi connectivity index (χ1v) is 8.14. The molecule has 2 fully saturated rings. The molecule has 2 heterocycles. The minimum absolute atomic E-state index is 0.678. The maximum absolute atomic E-state index is 4.10. The van der Waals surface area contributed by atoms with Crippen LogP contribution in [0, 0.1) is 5.92 Å². The van der Waals surface area contributed by atoms with E-state index >= 15 is 0 Å². The maximum Gasteiger partial charge on any atom is 0.0794 e. The predicted molar refractivity (Wildman–Crippen MR) is 75.7 cm³/mol. The van der Waals surface area contributed by atoms with E-state index < -0.39 is 0 Å². The fourth-order valence-electron chi connectivity index (χ4n) is 3.43. The Hall–Kier alpha value is -0.450. The second-order valence-electron chi connectivity index (χ2n) is 5.69. The molecule has 0 aromatic carbocycles. The van der Waals surface area contributed by atoms with Gasteiger partial charge in [0.2, 0.25) is 0 Å². The Bertz CT molecular complexity index is 352. The van der Waals surface area contributed by atoms with Gasteiger partial charge in [-0.3, -0.25) is 4.98 Å². The van der Waals surface area contributed by atoms with Crippen molar-refractivity contribution in [3.05, 3.63) is 16.6 Å². The van der Waals surface area contributed by atoms with Crippen molar-refractivity contribution < 1.29 is 0 Å². The minimum atomic E-state index is 0.678. The lowest BCUT2D eigenvalue weighted by atomic mass is 9.78. The highest BCUT2D eigenvalue weighted by Gasteiger charge is 2.31. The minimum Gasteiger partial charge on any atom is -0.310 e. The van der Waals surface area contributed by atoms with E-state index in [-0.39, 0.29) is 0 Å². The van der Waals surface area contributed by atoms with Gasteiger partial charge < -0.3 is 10.6 Å². The zero-order chi connectivity index (χ0) is 12.2. The summed E-state index contributed by atoms with van der Waals surface area (Å²) in [5.41, 5.74) is 1.91. The van der Waals surface area contributed by atoms with Gasteiger partial charge in [0, 0.05) is 36.2 Å². The lowest BCUT2D eigenvalue weighted by Gasteiger charge is -2.40. The molecular weight excluding hydrogens is 242 g/mol. The quantitative estimate of drug-likeness (QED) is 0.878. The van der Waals surface area contributed by atoms with Crippen LogP contribution in [-0.4, -0.2) is 23.6 Å². The number of nitrogens with zero attached hydrogens (tertiary/aromatic N) is 1. The molecule has 3 unspecified atom stereocenters. The summed E-state index contributed by atoms with van der Waals surface area (Å²) in [7, 11) is 0. The Labute approximate surface area is 113 Å². The molecule has 1 aliphatic carbocycles. The molecule has 3 atom stereocenters. The largest absolute Gasteiger partial charge is 0.310 e. The van der Waals surface area contributed by atoms with Crippen LogP contribution in [0.4, 0.5) is 0 Å². The molecule has 0 radical (unpaired) electrons. The first-order valence-electron chi connectivity index (χ1n) is 7.26. The molecule has 1 aromatic heterocycles. The van der Waals surface area contributed by atoms with Crippen molar-refractivity contribution in [1.82, 2.24) is 15.6 Å². The Balaban J connectivity index is 1.41. The zero-order valence-electron chi connectivity index (χ0n) is 10.9. The molecule has 1 saturated carbocycles. The van der Waals surface area contributed by atoms with E-state index in [1.165, 1.54) is 43.4 Å². The summed E-state index contributed by atoms with van der Waals surface area (Å²) in [6, 6.07) is 1.49. The van der Waals surface area contributed by atoms with Crippen LogP contribution in [0.2, 0.25) is 0 Å². The third-order valence-corrected chi connectivity index (χ3v) is 5.20. The fourth-order valence-corrected chi connectivity index (χ4v) is 4.00. The van der Waals surface area contributed by atoms with Crippen molar-refractivity contribution in [2.75, 3.05) is 6.54 Å². The van der Waals surface area contributed by atoms with Gasteiger partial charge in [-0.05, 0) is 31.6 Å². The highest BCUT2D eigenvalue weighted by molar-refractivity contribution is 7.09. The fraction of sp³-hybridized carbons (Fsp3) is 0.786. The molecule has 1 aromatic rings. The molecule has 4 heteroatoms. The van der Waals surface area contributed by atoms with Crippen molar-refractivity contribution in [3.63, 3.8) is 0 Å². The lowest BCUT2D eigenvalue weighted by molar-refractivity contribution is 0.174. The summed E-state index contributed by atoms with van der Waals surface area (Å²) < 4.78 is 0. The summed E-state index contributed by atoms with van der Waals surface area (Å²) >= 11 is 1.73. The summed E-state index contributed by atoms with van der Waals surface area (Å²) in [4.78, 5) is 5.44. The van der Waals surface area contributed by atoms with Crippen LogP contribution in [0.3, 0.4) is 0 Å². The molecule has 1 saturated heterocycles. The molecule has 0 bridgehead atoms. The molecule has 3 rings (SSSR count). The highest BCUT2D eigenvalue weighted by atomic mass is 32.1. The molecular formula is C14H23N3S. The summed E-state index contributed by atoms with van der Waals surface area (Å²) in [6.45, 7) is 2.07. The summed E-state index contributed by atoms with van der Waals surface area (Å²) in [5.74, 6) is 0.969. The van der Waals surface area contributed by atoms with Crippen LogP contribution in [-0.2, 0) is 6.54 Å². The van der Waals surface area contributed by atoms with E-state index in [9.17, 15) is 0 Å². The van der Waals surface area contributed by atoms with E-state index in [4.69, 9.17) is 0 Å². The molecule has 2 aliphatic rings. The average Bonchev–Trinajstić information content (AvgIpc) is 2.92. The van der Waals surface area contributed by atoms with Crippen LogP contribution in [0.15, 0.2) is 11.7 Å². The third-order valence-electron chi connectivity index (χ3n) is 4.42. The third kappa shape index (κ3) is 3.11. The first kappa shape index (κ1) is 12.6. The van der Waals surface area contributed by atoms with Gasteiger partial charge in [-0.1, -0.05) is 12.8 Å². The van der Waals surface area contributed by atoms with Gasteiger partial charge in [0.25, 0.3) is 0 Å². The van der Waals surface area contributed by atoms with Gasteiger partial charge in [-0.15, -0.1) is 11.3 Å². The Morgan fingerprint density at radius 1 is 1.28 bits per heavy atom. The number of thiazole rings is 1. The molecule has 2 N–H and O–H groups in total. The van der Waals surface area contributed by atoms with Crippen molar-refractivity contribution in [2.45, 2.75) is 57.2 Å². The van der Waals surface area contributed by atoms with Crippen LogP contribution in [0.5, 0.6) is 0 Å². The van der Waals surface area contributed by atoms with Gasteiger partial charge in [0.15, 0.2) is 0 Å². The smallest absolute Gasteiger partial charge is 0.0794 e. The van der Waals surface area contributed by atoms with E-state index in [0.29, 0.717) is 6.04 Å². The van der Waals surface area contributed by atoms with Crippen molar-refractivity contribution in [1.29, 1.82) is 0 Å². The van der Waals surface area contributed by atoms with Crippen LogP contribution in [0.1, 0.15) is 43.4 Å². The van der Waals surface area contributed by atoms with Gasteiger partial charge in [0.05, 0.1) is 5.51 Å². The van der Waals surface area contributed by atoms with Gasteiger partial charge in [-0.2, -0.15) is 0 Å². The van der Waals surface area contributed by atoms with E-state index in [2.05, 4.69) is 15.6 Å². The number of rotatable bonds is 4. The SMILES string of the molecule is c1ncc(CNCC2CCC3CCCCC3N2)s1. The molecule has 100 valence electrons. The average molecular weight is 265 g/mol. The van der Waals surface area contributed by atoms with Crippen molar-refractivity contribution in [2.24, 2.45) is 5.92 Å². The Morgan fingerprint density at radius 2 is 2.22 bits per heavy atom. The van der Waals surface area contributed by atoms with Crippen molar-refractivity contribution >= 4 is 11.3 Å². The number of hydrogen-bond donors (Lipinski definition) is 2. The molecule has 3 nitrogen and oxygen atoms in total. The topological polar surface area (TPSA) is 37.0 Å². The summed E-state index contributed by atoms with van der Waals surface area (Å²) in [5, 5.41) is 7.42. The van der Waals surface area contributed by atoms with E-state index in [0.717, 1.165) is 25.0 Å². The normalized spacial score (nSPS) is 32.1. The number of piperidine rings is 1. The highest BCUT2D eigenvalue weighted by Crippen LogP contribution is 2.31. The molecule has 0 amide bonds. The second-order valence-corrected chi connectivity index (χ2v) is 6.66. The van der Waals surface area contributed by atoms with E-state index in [1.54, 1.807) is 11.3 Å². The van der Waals surface area contributed by atoms with Crippen molar-refractivity contribution in [3.8, 4) is 0 Å². The molecule has 1 aliphatic heterocycles. The lowest BCUT2D eigenvalue weighted by Crippen LogP contribution is -2.52. The Kier molecular flexibility index (Phi) is 4.28. The predicted octanol–water partition coefficient (Wildman–Crippen LogP) is 2.54. The number of aromatic nitrogens is 1. The van der Waals surface area contributed by atoms with Gasteiger partial charge in [-0.25, -0.2) is 0 Å². The van der Waals surface area contributed by atoms with Gasteiger partial charge >= 0.3 is 0 Å². The second kappa shape index (κ2) is 6.13.